The minimum atomic E-state index is -3.15. The standard InChI is InChI=1S/C28H22N5O7P.C8H20N/c34-10-18-17(40-41(37)38)9-19(39-18)33-11-29-24-26(33)31-28(32-27(24)36)30-23-15-7-6-13-5-4-12-2-1-3-14-8-16(25(23)35)22(15)21(13)20(12)14;1-5-9(6-2,7-3)8-4/h1-8,11,17-19,23,25,34-35H,9-10H2,(H2,30,31,32,36);5-8H2,1-4H3/q;+1/t17-,18+,19+,23-,25+;/m0./s1. The molecule has 4 N–H and O–H groups in total. The summed E-state index contributed by atoms with van der Waals surface area (Å²) < 4.78 is 24.6. The number of aromatic amines is 1. The molecule has 0 radical (unpaired) electrons. The Morgan fingerprint density at radius 1 is 1.02 bits per heavy atom. The molecule has 3 heterocycles. The van der Waals surface area contributed by atoms with Crippen LogP contribution in [0.5, 0.6) is 0 Å². The third-order valence-electron chi connectivity index (χ3n) is 11.0. The third kappa shape index (κ3) is 5.72. The molecule has 0 bridgehead atoms. The number of aliphatic hydroxyl groups excluding tert-OH is 2. The van der Waals surface area contributed by atoms with E-state index in [-0.39, 0.29) is 23.5 Å². The summed E-state index contributed by atoms with van der Waals surface area (Å²) in [5, 5.41) is 30.9. The number of hydrogen-bond acceptors (Lipinski definition) is 10. The lowest BCUT2D eigenvalue weighted by molar-refractivity contribution is -0.921. The predicted octanol–water partition coefficient (Wildman–Crippen LogP) is 4.78. The van der Waals surface area contributed by atoms with Gasteiger partial charge >= 0.3 is 8.25 Å². The van der Waals surface area contributed by atoms with Crippen molar-refractivity contribution in [2.45, 2.75) is 64.7 Å². The summed E-state index contributed by atoms with van der Waals surface area (Å²) in [4.78, 5) is 35.6. The summed E-state index contributed by atoms with van der Waals surface area (Å²) >= 11 is 0. The van der Waals surface area contributed by atoms with Crippen molar-refractivity contribution in [2.24, 2.45) is 0 Å². The molecule has 0 spiro atoms. The number of aromatic nitrogens is 4. The van der Waals surface area contributed by atoms with E-state index in [1.165, 1.54) is 41.6 Å². The molecular weight excluding hydrogens is 659 g/mol. The Bertz CT molecular complexity index is 2230. The fourth-order valence-corrected chi connectivity index (χ4v) is 8.30. The van der Waals surface area contributed by atoms with Crippen LogP contribution < -0.4 is 15.8 Å². The van der Waals surface area contributed by atoms with E-state index in [0.717, 1.165) is 43.4 Å². The highest BCUT2D eigenvalue weighted by atomic mass is 31.1. The highest BCUT2D eigenvalue weighted by molar-refractivity contribution is 7.30. The largest absolute Gasteiger partial charge is 0.566 e. The molecule has 0 saturated carbocycles. The van der Waals surface area contributed by atoms with Gasteiger partial charge in [0.15, 0.2) is 11.2 Å². The molecule has 4 aromatic carbocycles. The minimum Gasteiger partial charge on any atom is -0.566 e. The average molecular weight is 702 g/mol. The van der Waals surface area contributed by atoms with Crippen LogP contribution in [-0.4, -0.2) is 79.2 Å². The topological polar surface area (TPSA) is 175 Å². The van der Waals surface area contributed by atoms with Gasteiger partial charge in [0, 0.05) is 6.42 Å². The number of rotatable bonds is 10. The van der Waals surface area contributed by atoms with Crippen LogP contribution >= 0.6 is 8.25 Å². The number of ether oxygens (including phenoxy) is 1. The lowest BCUT2D eigenvalue weighted by atomic mass is 9.91. The maximum Gasteiger partial charge on any atom is 0.488 e. The first kappa shape index (κ1) is 34.4. The number of anilines is 1. The van der Waals surface area contributed by atoms with Crippen molar-refractivity contribution < 1.29 is 33.4 Å². The van der Waals surface area contributed by atoms with Crippen LogP contribution in [0.25, 0.3) is 43.5 Å². The second kappa shape index (κ2) is 13.6. The Morgan fingerprint density at radius 3 is 2.36 bits per heavy atom. The zero-order valence-corrected chi connectivity index (χ0v) is 29.4. The molecule has 6 atom stereocenters. The van der Waals surface area contributed by atoms with Gasteiger partial charge < -0.3 is 29.6 Å². The number of aliphatic hydroxyl groups is 2. The molecule has 1 unspecified atom stereocenters. The van der Waals surface area contributed by atoms with Crippen LogP contribution in [0.3, 0.4) is 0 Å². The van der Waals surface area contributed by atoms with Crippen molar-refractivity contribution in [3.63, 3.8) is 0 Å². The van der Waals surface area contributed by atoms with Crippen LogP contribution in [0, 0.1) is 0 Å². The summed E-state index contributed by atoms with van der Waals surface area (Å²) in [6, 6.07) is 15.8. The van der Waals surface area contributed by atoms with Crippen molar-refractivity contribution in [1.82, 2.24) is 19.5 Å². The first-order valence-electron chi connectivity index (χ1n) is 17.2. The molecule has 1 fully saturated rings. The maximum atomic E-state index is 13.0. The van der Waals surface area contributed by atoms with Gasteiger partial charge in [-0.3, -0.25) is 14.3 Å². The number of imidazole rings is 1. The summed E-state index contributed by atoms with van der Waals surface area (Å²) in [6.45, 7) is 13.8. The van der Waals surface area contributed by atoms with Gasteiger partial charge in [0.2, 0.25) is 5.95 Å². The Hall–Kier alpha value is -4.07. The average Bonchev–Trinajstić information content (AvgIpc) is 3.81. The van der Waals surface area contributed by atoms with Crippen LogP contribution in [0.2, 0.25) is 0 Å². The molecule has 14 heteroatoms. The minimum absolute atomic E-state index is 0.0636. The van der Waals surface area contributed by atoms with Crippen molar-refractivity contribution in [2.75, 3.05) is 38.1 Å². The lowest BCUT2D eigenvalue weighted by Gasteiger charge is -2.34. The van der Waals surface area contributed by atoms with Gasteiger partial charge in [-0.1, -0.05) is 42.5 Å². The Balaban J connectivity index is 0.000000387. The van der Waals surface area contributed by atoms with E-state index >= 15 is 0 Å². The molecule has 13 nitrogen and oxygen atoms in total. The van der Waals surface area contributed by atoms with E-state index in [1.807, 2.05) is 30.3 Å². The fraction of sp³-hybridized carbons (Fsp3) is 0.417. The van der Waals surface area contributed by atoms with Crippen LogP contribution in [0.1, 0.15) is 63.6 Å². The summed E-state index contributed by atoms with van der Waals surface area (Å²) in [6.07, 6.45) is -1.96. The molecule has 1 aliphatic heterocycles. The normalized spacial score (nSPS) is 22.1. The smallest absolute Gasteiger partial charge is 0.488 e. The Labute approximate surface area is 289 Å². The van der Waals surface area contributed by atoms with E-state index in [9.17, 15) is 24.5 Å². The number of nitrogens with zero attached hydrogens (tertiary/aromatic N) is 4. The number of quaternary nitrogens is 1. The van der Waals surface area contributed by atoms with Crippen LogP contribution in [-0.2, 0) is 13.8 Å². The van der Waals surface area contributed by atoms with Crippen molar-refractivity contribution in [3.05, 3.63) is 76.3 Å². The van der Waals surface area contributed by atoms with E-state index in [4.69, 9.17) is 9.26 Å². The molecule has 50 heavy (non-hydrogen) atoms. The van der Waals surface area contributed by atoms with Crippen molar-refractivity contribution in [3.8, 4) is 0 Å². The van der Waals surface area contributed by atoms with Crippen molar-refractivity contribution >= 4 is 57.7 Å². The van der Waals surface area contributed by atoms with Gasteiger partial charge in [0.1, 0.15) is 24.5 Å². The molecular formula is C36H42N6O7P+. The summed E-state index contributed by atoms with van der Waals surface area (Å²) in [5.74, 6) is 0.128. The van der Waals surface area contributed by atoms with Gasteiger partial charge in [-0.2, -0.15) is 4.98 Å². The molecule has 6 aromatic rings. The fourth-order valence-electron chi connectivity index (χ4n) is 7.86. The van der Waals surface area contributed by atoms with E-state index in [2.05, 4.69) is 66.2 Å². The molecule has 8 rings (SSSR count). The molecule has 262 valence electrons. The summed E-state index contributed by atoms with van der Waals surface area (Å²) in [5.41, 5.74) is 1.47. The van der Waals surface area contributed by atoms with Gasteiger partial charge in [0.05, 0.1) is 45.2 Å². The Morgan fingerprint density at radius 2 is 1.70 bits per heavy atom. The first-order chi connectivity index (χ1) is 24.1. The predicted molar refractivity (Wildman–Crippen MR) is 190 cm³/mol. The second-order valence-electron chi connectivity index (χ2n) is 13.1. The van der Waals surface area contributed by atoms with Gasteiger partial charge in [-0.15, -0.1) is 4.52 Å². The monoisotopic (exact) mass is 701 g/mol. The SMILES string of the molecule is CC[N+](CC)(CC)CC.O=c1[nH]c(N[C@H]2c3ccc4ccc5cccc6cc(c3c4c56)[C@H]2O)nc2c1ncn2[C@H]1C[C@H](O[P+](=O)[O-])[C@@H](CO)O1. The number of hydrogen-bond donors (Lipinski definition) is 4. The molecule has 0 amide bonds. The quantitative estimate of drug-likeness (QED) is 0.0884. The lowest BCUT2D eigenvalue weighted by Crippen LogP contribution is -2.47. The van der Waals surface area contributed by atoms with Crippen LogP contribution in [0.15, 0.2) is 59.7 Å². The highest BCUT2D eigenvalue weighted by Gasteiger charge is 2.41. The molecule has 1 aliphatic carbocycles. The first-order valence-corrected chi connectivity index (χ1v) is 18.3. The molecule has 2 aromatic heterocycles. The van der Waals surface area contributed by atoms with E-state index in [0.29, 0.717) is 0 Å². The highest BCUT2D eigenvalue weighted by Crippen LogP contribution is 2.50. The molecule has 2 aliphatic rings. The van der Waals surface area contributed by atoms with E-state index in [1.54, 1.807) is 0 Å². The van der Waals surface area contributed by atoms with Gasteiger partial charge in [-0.05, 0) is 81.8 Å². The Kier molecular flexibility index (Phi) is 9.33. The zero-order chi connectivity index (χ0) is 35.3. The number of nitrogens with one attached hydrogen (secondary N) is 2. The van der Waals surface area contributed by atoms with E-state index < -0.39 is 51.0 Å². The maximum absolute atomic E-state index is 13.0. The van der Waals surface area contributed by atoms with Crippen LogP contribution in [0.4, 0.5) is 5.95 Å². The number of H-pyrrole nitrogens is 1. The number of fused-ring (bicyclic) bond motifs is 1. The van der Waals surface area contributed by atoms with Crippen molar-refractivity contribution in [1.29, 1.82) is 0 Å². The third-order valence-corrected chi connectivity index (χ3v) is 11.4. The zero-order valence-electron chi connectivity index (χ0n) is 28.5. The molecule has 1 saturated heterocycles. The van der Waals surface area contributed by atoms with Gasteiger partial charge in [0.25, 0.3) is 5.56 Å². The summed E-state index contributed by atoms with van der Waals surface area (Å²) in [7, 11) is -3.15. The van der Waals surface area contributed by atoms with Gasteiger partial charge in [-0.25, -0.2) is 4.98 Å². The number of benzene rings is 4. The second-order valence-corrected chi connectivity index (χ2v) is 13.7.